The summed E-state index contributed by atoms with van der Waals surface area (Å²) in [5, 5.41) is 20.8. The minimum atomic E-state index is -4.72. The van der Waals surface area contributed by atoms with Crippen LogP contribution < -0.4 is 11.1 Å². The number of piperidine rings is 1. The first-order valence-corrected chi connectivity index (χ1v) is 12.4. The Bertz CT molecular complexity index is 1450. The van der Waals surface area contributed by atoms with Crippen LogP contribution in [0.5, 0.6) is 0 Å². The molecule has 1 aromatic carbocycles. The predicted octanol–water partition coefficient (Wildman–Crippen LogP) is 3.54. The highest BCUT2D eigenvalue weighted by Crippen LogP contribution is 2.38. The standard InChI is InChI=1S/C26H26ClF3N6O2/c1-25(12-35-36(13-25)21-11-32-5-4-22(21)37)15-7-17-14(9-33-24(17)34-10-15)6-19(23(31)38)18-8-16(27)2-3-20(18)26(28,29)30/h2-3,6-10,12,21-22,32,37H,4-5,11,13H2,1H3,(H2,31,38)(H,33,34)/b19-6-. The number of aliphatic hydroxyl groups excluding tert-OH is 1. The molecular weight excluding hydrogens is 521 g/mol. The number of aromatic amines is 1. The van der Waals surface area contributed by atoms with Gasteiger partial charge in [0.05, 0.1) is 29.7 Å². The second-order valence-electron chi connectivity index (χ2n) is 9.86. The van der Waals surface area contributed by atoms with E-state index < -0.39 is 34.7 Å². The summed E-state index contributed by atoms with van der Waals surface area (Å²) < 4.78 is 41.2. The average Bonchev–Trinajstić information content (AvgIpc) is 3.45. The number of nitrogens with one attached hydrogen (secondary N) is 2. The van der Waals surface area contributed by atoms with Gasteiger partial charge in [-0.25, -0.2) is 4.98 Å². The van der Waals surface area contributed by atoms with Crippen LogP contribution in [0.2, 0.25) is 5.02 Å². The van der Waals surface area contributed by atoms with E-state index in [9.17, 15) is 23.1 Å². The quantitative estimate of drug-likeness (QED) is 0.365. The summed E-state index contributed by atoms with van der Waals surface area (Å²) in [5.74, 6) is -1.03. The lowest BCUT2D eigenvalue weighted by Crippen LogP contribution is -2.52. The van der Waals surface area contributed by atoms with Crippen molar-refractivity contribution in [1.29, 1.82) is 0 Å². The van der Waals surface area contributed by atoms with Crippen molar-refractivity contribution in [1.82, 2.24) is 20.3 Å². The Balaban J connectivity index is 1.53. The monoisotopic (exact) mass is 546 g/mol. The van der Waals surface area contributed by atoms with Gasteiger partial charge in [0.1, 0.15) is 5.65 Å². The molecule has 8 nitrogen and oxygen atoms in total. The summed E-state index contributed by atoms with van der Waals surface area (Å²) >= 11 is 5.98. The van der Waals surface area contributed by atoms with E-state index in [-0.39, 0.29) is 16.6 Å². The molecule has 3 aromatic rings. The number of benzene rings is 1. The molecule has 0 saturated carbocycles. The second kappa shape index (κ2) is 9.72. The number of carbonyl (C=O) groups is 1. The van der Waals surface area contributed by atoms with Gasteiger partial charge < -0.3 is 21.1 Å². The van der Waals surface area contributed by atoms with E-state index >= 15 is 0 Å². The van der Waals surface area contributed by atoms with Crippen LogP contribution in [0.1, 0.15) is 35.6 Å². The van der Waals surface area contributed by atoms with Gasteiger partial charge in [-0.1, -0.05) is 11.6 Å². The maximum atomic E-state index is 13.7. The van der Waals surface area contributed by atoms with Crippen molar-refractivity contribution >= 4 is 46.4 Å². The summed E-state index contributed by atoms with van der Waals surface area (Å²) in [6.07, 6.45) is 1.84. The normalized spacial score (nSPS) is 24.4. The highest BCUT2D eigenvalue weighted by molar-refractivity contribution is 6.31. The Kier molecular flexibility index (Phi) is 6.70. The molecule has 0 spiro atoms. The van der Waals surface area contributed by atoms with Crippen molar-refractivity contribution in [2.75, 3.05) is 19.6 Å². The number of nitrogens with two attached hydrogens (primary N) is 1. The van der Waals surface area contributed by atoms with E-state index in [0.29, 0.717) is 36.1 Å². The van der Waals surface area contributed by atoms with Crippen molar-refractivity contribution < 1.29 is 23.1 Å². The van der Waals surface area contributed by atoms with Gasteiger partial charge in [-0.3, -0.25) is 9.80 Å². The third-order valence-corrected chi connectivity index (χ3v) is 7.38. The molecule has 2 aliphatic rings. The lowest BCUT2D eigenvalue weighted by molar-refractivity contribution is -0.137. The Hall–Kier alpha value is -3.41. The predicted molar refractivity (Wildman–Crippen MR) is 139 cm³/mol. The highest BCUT2D eigenvalue weighted by Gasteiger charge is 2.39. The van der Waals surface area contributed by atoms with Crippen LogP contribution >= 0.6 is 11.6 Å². The summed E-state index contributed by atoms with van der Waals surface area (Å²) in [6.45, 7) is 3.89. The number of primary amides is 1. The third-order valence-electron chi connectivity index (χ3n) is 7.14. The minimum absolute atomic E-state index is 0.0410. The van der Waals surface area contributed by atoms with E-state index in [4.69, 9.17) is 17.3 Å². The van der Waals surface area contributed by atoms with Crippen molar-refractivity contribution in [2.45, 2.75) is 37.1 Å². The number of aromatic nitrogens is 2. The Morgan fingerprint density at radius 1 is 1.34 bits per heavy atom. The fraction of sp³-hybridized carbons (Fsp3) is 0.346. The maximum absolute atomic E-state index is 13.7. The van der Waals surface area contributed by atoms with Crippen LogP contribution in [-0.2, 0) is 16.4 Å². The number of carbonyl (C=O) groups excluding carboxylic acids is 1. The molecule has 5 N–H and O–H groups in total. The van der Waals surface area contributed by atoms with Crippen molar-refractivity contribution in [3.63, 3.8) is 0 Å². The van der Waals surface area contributed by atoms with Crippen LogP contribution in [0.4, 0.5) is 13.2 Å². The van der Waals surface area contributed by atoms with Crippen molar-refractivity contribution in [3.05, 3.63) is 63.9 Å². The molecule has 200 valence electrons. The van der Waals surface area contributed by atoms with Crippen LogP contribution in [0, 0.1) is 0 Å². The molecule has 3 unspecified atom stereocenters. The Labute approximate surface area is 221 Å². The molecule has 2 aliphatic heterocycles. The molecule has 1 saturated heterocycles. The minimum Gasteiger partial charge on any atom is -0.391 e. The van der Waals surface area contributed by atoms with Crippen molar-refractivity contribution in [3.8, 4) is 0 Å². The van der Waals surface area contributed by atoms with Gasteiger partial charge in [0.25, 0.3) is 0 Å². The van der Waals surface area contributed by atoms with Crippen LogP contribution in [0.25, 0.3) is 22.7 Å². The van der Waals surface area contributed by atoms with Gasteiger partial charge in [0.2, 0.25) is 5.91 Å². The Morgan fingerprint density at radius 2 is 2.13 bits per heavy atom. The molecule has 12 heteroatoms. The number of hydrogen-bond donors (Lipinski definition) is 4. The molecule has 1 fully saturated rings. The van der Waals surface area contributed by atoms with Crippen LogP contribution in [0.15, 0.2) is 41.8 Å². The molecule has 0 bridgehead atoms. The molecule has 5 rings (SSSR count). The fourth-order valence-electron chi connectivity index (χ4n) is 5.00. The lowest BCUT2D eigenvalue weighted by atomic mass is 9.84. The summed E-state index contributed by atoms with van der Waals surface area (Å²) in [5.41, 5.74) is 5.03. The number of aliphatic hydroxyl groups is 1. The fourth-order valence-corrected chi connectivity index (χ4v) is 5.17. The zero-order chi connectivity index (χ0) is 27.2. The van der Waals surface area contributed by atoms with Gasteiger partial charge >= 0.3 is 6.18 Å². The van der Waals surface area contributed by atoms with Gasteiger partial charge in [0.15, 0.2) is 0 Å². The summed E-state index contributed by atoms with van der Waals surface area (Å²) in [7, 11) is 0. The number of amides is 1. The zero-order valence-corrected chi connectivity index (χ0v) is 21.1. The number of hydrazone groups is 1. The van der Waals surface area contributed by atoms with E-state index in [1.807, 2.05) is 24.2 Å². The van der Waals surface area contributed by atoms with E-state index in [1.165, 1.54) is 6.08 Å². The number of fused-ring (bicyclic) bond motifs is 1. The summed E-state index contributed by atoms with van der Waals surface area (Å²) in [6, 6.07) is 4.75. The second-order valence-corrected chi connectivity index (χ2v) is 10.3. The number of H-pyrrole nitrogens is 1. The highest BCUT2D eigenvalue weighted by atomic mass is 35.5. The van der Waals surface area contributed by atoms with E-state index in [2.05, 4.69) is 20.4 Å². The number of alkyl halides is 3. The SMILES string of the molecule is CC1(c2cnc3[nH]cc(/C=C(\C(N)=O)c4cc(Cl)ccc4C(F)(F)F)c3c2)C=NN(C2CNCCC2O)C1. The van der Waals surface area contributed by atoms with E-state index in [0.717, 1.165) is 30.3 Å². The molecule has 0 aliphatic carbocycles. The smallest absolute Gasteiger partial charge is 0.391 e. The molecule has 3 atom stereocenters. The Morgan fingerprint density at radius 3 is 2.84 bits per heavy atom. The van der Waals surface area contributed by atoms with E-state index in [1.54, 1.807) is 12.4 Å². The van der Waals surface area contributed by atoms with Crippen LogP contribution in [-0.4, -0.2) is 64.0 Å². The third kappa shape index (κ3) is 4.89. The molecular formula is C26H26ClF3N6O2. The van der Waals surface area contributed by atoms with Gasteiger partial charge in [0, 0.05) is 52.3 Å². The van der Waals surface area contributed by atoms with Crippen LogP contribution in [0.3, 0.4) is 0 Å². The van der Waals surface area contributed by atoms with Gasteiger partial charge in [-0.2, -0.15) is 18.3 Å². The number of pyridine rings is 1. The summed E-state index contributed by atoms with van der Waals surface area (Å²) in [4.78, 5) is 19.9. The maximum Gasteiger partial charge on any atom is 0.417 e. The molecule has 0 radical (unpaired) electrons. The van der Waals surface area contributed by atoms with Gasteiger partial charge in [-0.15, -0.1) is 0 Å². The molecule has 4 heterocycles. The molecule has 38 heavy (non-hydrogen) atoms. The average molecular weight is 547 g/mol. The first kappa shape index (κ1) is 26.2. The zero-order valence-electron chi connectivity index (χ0n) is 20.4. The number of halogens is 4. The topological polar surface area (TPSA) is 120 Å². The lowest BCUT2D eigenvalue weighted by Gasteiger charge is -2.36. The first-order chi connectivity index (χ1) is 18.0. The molecule has 1 amide bonds. The van der Waals surface area contributed by atoms with Gasteiger partial charge in [-0.05, 0) is 55.8 Å². The number of hydrogen-bond acceptors (Lipinski definition) is 6. The first-order valence-electron chi connectivity index (χ1n) is 12.0. The molecule has 2 aromatic heterocycles. The van der Waals surface area contributed by atoms with Crippen molar-refractivity contribution in [2.24, 2.45) is 10.8 Å². The number of nitrogens with zero attached hydrogens (tertiary/aromatic N) is 3. The largest absolute Gasteiger partial charge is 0.417 e. The number of rotatable bonds is 5.